The minimum absolute atomic E-state index is 0.0859. The second-order valence-corrected chi connectivity index (χ2v) is 14.3. The Balaban J connectivity index is 1.26. The molecule has 1 aliphatic heterocycles. The Morgan fingerprint density at radius 3 is 2.04 bits per heavy atom. The fraction of sp³-hybridized carbons (Fsp3) is 0.282. The van der Waals surface area contributed by atoms with E-state index in [-0.39, 0.29) is 23.6 Å². The van der Waals surface area contributed by atoms with Crippen LogP contribution in [-0.4, -0.2) is 67.6 Å². The van der Waals surface area contributed by atoms with Gasteiger partial charge in [-0.3, -0.25) is 14.6 Å². The van der Waals surface area contributed by atoms with Crippen molar-refractivity contribution in [3.63, 3.8) is 0 Å². The number of hydrogen-bond acceptors (Lipinski definition) is 7. The highest BCUT2D eigenvalue weighted by molar-refractivity contribution is 7.87. The quantitative estimate of drug-likeness (QED) is 0.152. The maximum absolute atomic E-state index is 14.5. The number of rotatable bonds is 12. The van der Waals surface area contributed by atoms with E-state index in [1.54, 1.807) is 24.3 Å². The Morgan fingerprint density at radius 1 is 0.792 bits per heavy atom. The van der Waals surface area contributed by atoms with E-state index in [0.29, 0.717) is 37.5 Å². The smallest absolute Gasteiger partial charge is 0.310 e. The molecule has 9 heteroatoms. The van der Waals surface area contributed by atoms with Gasteiger partial charge in [0.2, 0.25) is 0 Å². The molecule has 0 spiro atoms. The van der Waals surface area contributed by atoms with Crippen molar-refractivity contribution < 1.29 is 17.4 Å². The highest BCUT2D eigenvalue weighted by Crippen LogP contribution is 2.33. The van der Waals surface area contributed by atoms with Crippen LogP contribution in [0.4, 0.5) is 0 Å². The van der Waals surface area contributed by atoms with Gasteiger partial charge in [-0.15, -0.1) is 0 Å². The van der Waals surface area contributed by atoms with Crippen LogP contribution in [0.15, 0.2) is 115 Å². The number of benzene rings is 4. The van der Waals surface area contributed by atoms with Crippen molar-refractivity contribution in [2.75, 3.05) is 38.5 Å². The summed E-state index contributed by atoms with van der Waals surface area (Å²) in [6, 6.07) is 36.5. The molecule has 48 heavy (non-hydrogen) atoms. The number of carbonyl (C=O) groups excluding carboxylic acids is 1. The molecule has 1 amide bonds. The highest BCUT2D eigenvalue weighted by atomic mass is 32.2. The topological polar surface area (TPSA) is 91.8 Å². The highest BCUT2D eigenvalue weighted by Gasteiger charge is 2.28. The zero-order chi connectivity index (χ0) is 33.5. The van der Waals surface area contributed by atoms with Crippen LogP contribution < -0.4 is 9.50 Å². The van der Waals surface area contributed by atoms with Crippen LogP contribution in [0.2, 0.25) is 0 Å². The van der Waals surface area contributed by atoms with E-state index >= 15 is 0 Å². The number of carbonyl (C=O) groups is 1. The molecule has 1 unspecified atom stereocenters. The first-order chi connectivity index (χ1) is 23.3. The van der Waals surface area contributed by atoms with Crippen molar-refractivity contribution in [2.24, 2.45) is 5.92 Å². The van der Waals surface area contributed by atoms with Gasteiger partial charge in [-0.25, -0.2) is 4.98 Å². The lowest BCUT2D eigenvalue weighted by Crippen LogP contribution is -2.47. The van der Waals surface area contributed by atoms with Crippen LogP contribution in [0.25, 0.3) is 22.2 Å². The van der Waals surface area contributed by atoms with Gasteiger partial charge in [0.15, 0.2) is 0 Å². The molecule has 6 rings (SSSR count). The van der Waals surface area contributed by atoms with Crippen LogP contribution in [0.1, 0.15) is 41.4 Å². The Morgan fingerprint density at radius 2 is 1.38 bits per heavy atom. The van der Waals surface area contributed by atoms with Crippen LogP contribution in [0, 0.1) is 5.92 Å². The lowest BCUT2D eigenvalue weighted by atomic mass is 9.93. The molecule has 5 aromatic rings. The minimum Gasteiger partial charge on any atom is -0.382 e. The number of aromatic nitrogens is 1. The molecule has 8 nitrogen and oxygen atoms in total. The third-order valence-corrected chi connectivity index (χ3v) is 9.98. The molecule has 1 N–H and O–H groups in total. The molecule has 1 aliphatic rings. The zero-order valence-corrected chi connectivity index (χ0v) is 28.3. The minimum atomic E-state index is -3.71. The van der Waals surface area contributed by atoms with Crippen LogP contribution in [0.5, 0.6) is 5.75 Å². The fourth-order valence-electron chi connectivity index (χ4n) is 6.31. The van der Waals surface area contributed by atoms with Gasteiger partial charge in [-0.1, -0.05) is 111 Å². The average Bonchev–Trinajstić information content (AvgIpc) is 3.11. The predicted molar refractivity (Wildman–Crippen MR) is 191 cm³/mol. The van der Waals surface area contributed by atoms with Crippen molar-refractivity contribution in [1.82, 2.24) is 20.1 Å². The largest absolute Gasteiger partial charge is 0.382 e. The van der Waals surface area contributed by atoms with Crippen molar-refractivity contribution in [3.05, 3.63) is 132 Å². The number of para-hydroxylation sites is 2. The first kappa shape index (κ1) is 33.3. The van der Waals surface area contributed by atoms with Crippen LogP contribution in [-0.2, 0) is 16.7 Å². The number of nitrogens with one attached hydrogen (secondary N) is 1. The van der Waals surface area contributed by atoms with Crippen molar-refractivity contribution in [3.8, 4) is 17.0 Å². The summed E-state index contributed by atoms with van der Waals surface area (Å²) in [5.41, 5.74) is 5.13. The molecule has 2 heterocycles. The summed E-state index contributed by atoms with van der Waals surface area (Å²) in [4.78, 5) is 24.1. The van der Waals surface area contributed by atoms with Crippen LogP contribution in [0.3, 0.4) is 0 Å². The first-order valence-corrected chi connectivity index (χ1v) is 18.1. The molecular weight excluding hydrogens is 621 g/mol. The lowest BCUT2D eigenvalue weighted by Gasteiger charge is -2.35. The molecule has 1 aromatic heterocycles. The third-order valence-electron chi connectivity index (χ3n) is 8.85. The van der Waals surface area contributed by atoms with Gasteiger partial charge in [0, 0.05) is 55.8 Å². The summed E-state index contributed by atoms with van der Waals surface area (Å²) in [5, 5.41) is 4.21. The Labute approximate surface area is 283 Å². The molecule has 1 atom stereocenters. The molecule has 1 fully saturated rings. The monoisotopic (exact) mass is 662 g/mol. The number of nitrogens with zero attached hydrogens (tertiary/aromatic N) is 3. The van der Waals surface area contributed by atoms with E-state index < -0.39 is 10.1 Å². The average molecular weight is 663 g/mol. The van der Waals surface area contributed by atoms with Gasteiger partial charge in [0.1, 0.15) is 5.75 Å². The van der Waals surface area contributed by atoms with Crippen molar-refractivity contribution in [2.45, 2.75) is 26.4 Å². The van der Waals surface area contributed by atoms with E-state index in [2.05, 4.69) is 41.1 Å². The Bertz CT molecular complexity index is 1930. The lowest BCUT2D eigenvalue weighted by molar-refractivity contribution is 0.0923. The van der Waals surface area contributed by atoms with E-state index in [1.807, 2.05) is 78.9 Å². The summed E-state index contributed by atoms with van der Waals surface area (Å²) in [7, 11) is -3.71. The molecule has 0 aliphatic carbocycles. The molecular formula is C39H42N4O4S. The second-order valence-electron chi connectivity index (χ2n) is 12.6. The molecule has 0 bridgehead atoms. The number of fused-ring (bicyclic) bond motifs is 1. The van der Waals surface area contributed by atoms with Gasteiger partial charge < -0.3 is 9.50 Å². The van der Waals surface area contributed by atoms with Crippen molar-refractivity contribution >= 4 is 26.9 Å². The van der Waals surface area contributed by atoms with Gasteiger partial charge >= 0.3 is 10.1 Å². The van der Waals surface area contributed by atoms with E-state index in [0.717, 1.165) is 46.4 Å². The van der Waals surface area contributed by atoms with Gasteiger partial charge in [0.05, 0.1) is 28.6 Å². The SMILES string of the molecule is CC(C)C(NC(=O)c1c(CN2CCN(CCS(=O)(=O)Oc3ccccc3)CC2)c(-c2ccccc2)nc2ccccc12)c1ccccc1. The molecule has 4 aromatic carbocycles. The number of hydrogen-bond donors (Lipinski definition) is 1. The van der Waals surface area contributed by atoms with E-state index in [4.69, 9.17) is 9.17 Å². The molecule has 248 valence electrons. The summed E-state index contributed by atoms with van der Waals surface area (Å²) < 4.78 is 30.5. The summed E-state index contributed by atoms with van der Waals surface area (Å²) in [5.74, 6) is 0.295. The molecule has 0 saturated carbocycles. The van der Waals surface area contributed by atoms with Gasteiger partial charge in [-0.2, -0.15) is 8.42 Å². The normalized spacial score (nSPS) is 15.0. The number of piperazine rings is 1. The van der Waals surface area contributed by atoms with Gasteiger partial charge in [-0.05, 0) is 29.7 Å². The third kappa shape index (κ3) is 8.10. The maximum Gasteiger partial charge on any atom is 0.310 e. The molecule has 0 radical (unpaired) electrons. The van der Waals surface area contributed by atoms with E-state index in [9.17, 15) is 13.2 Å². The van der Waals surface area contributed by atoms with E-state index in [1.165, 1.54) is 0 Å². The molecule has 1 saturated heterocycles. The number of amides is 1. The maximum atomic E-state index is 14.5. The van der Waals surface area contributed by atoms with Gasteiger partial charge in [0.25, 0.3) is 5.91 Å². The number of pyridine rings is 1. The standard InChI is InChI=1S/C39H42N4O4S/c1-29(2)37(30-14-6-3-7-15-30)41-39(44)36-33-20-12-13-21-35(33)40-38(31-16-8-4-9-17-31)34(36)28-43-24-22-42(23-25-43)26-27-48(45,46)47-32-18-10-5-11-19-32/h3-21,29,37H,22-28H2,1-2H3,(H,41,44). The summed E-state index contributed by atoms with van der Waals surface area (Å²) in [6.45, 7) is 8.02. The first-order valence-electron chi connectivity index (χ1n) is 16.5. The summed E-state index contributed by atoms with van der Waals surface area (Å²) >= 11 is 0. The zero-order valence-electron chi connectivity index (χ0n) is 27.5. The Kier molecular flexibility index (Phi) is 10.5. The van der Waals surface area contributed by atoms with Crippen molar-refractivity contribution in [1.29, 1.82) is 0 Å². The summed E-state index contributed by atoms with van der Waals surface area (Å²) in [6.07, 6.45) is 0. The Hall–Kier alpha value is -4.57. The van der Waals surface area contributed by atoms with Crippen LogP contribution >= 0.6 is 0 Å². The second kappa shape index (κ2) is 15.1. The fourth-order valence-corrected chi connectivity index (χ4v) is 7.28. The predicted octanol–water partition coefficient (Wildman–Crippen LogP) is 6.56.